The minimum atomic E-state index is 0.324. The van der Waals surface area contributed by atoms with E-state index in [0.29, 0.717) is 16.9 Å². The summed E-state index contributed by atoms with van der Waals surface area (Å²) in [5.41, 5.74) is 8.57. The van der Waals surface area contributed by atoms with Crippen molar-refractivity contribution in [1.29, 1.82) is 0 Å². The third kappa shape index (κ3) is 1.82. The minimum absolute atomic E-state index is 0.324. The van der Waals surface area contributed by atoms with Crippen LogP contribution in [0.3, 0.4) is 0 Å². The third-order valence-corrected chi connectivity index (χ3v) is 5.62. The molecule has 3 nitrogen and oxygen atoms in total. The van der Waals surface area contributed by atoms with Crippen LogP contribution >= 0.6 is 0 Å². The fourth-order valence-corrected chi connectivity index (χ4v) is 4.48. The van der Waals surface area contributed by atoms with E-state index in [1.54, 1.807) is 0 Å². The van der Waals surface area contributed by atoms with Gasteiger partial charge in [-0.3, -0.25) is 0 Å². The number of anilines is 2. The molecule has 2 bridgehead atoms. The molecule has 2 aliphatic carbocycles. The number of rotatable bonds is 2. The molecule has 2 fully saturated rings. The summed E-state index contributed by atoms with van der Waals surface area (Å²) in [4.78, 5) is 4.58. The smallest absolute Gasteiger partial charge is 0.149 e. The second-order valence-electron chi connectivity index (χ2n) is 7.38. The van der Waals surface area contributed by atoms with E-state index in [0.717, 1.165) is 23.1 Å². The van der Waals surface area contributed by atoms with Gasteiger partial charge in [-0.15, -0.1) is 0 Å². The molecule has 0 radical (unpaired) electrons. The van der Waals surface area contributed by atoms with Crippen molar-refractivity contribution in [1.82, 2.24) is 4.98 Å². The van der Waals surface area contributed by atoms with Gasteiger partial charge in [0.25, 0.3) is 0 Å². The summed E-state index contributed by atoms with van der Waals surface area (Å²) < 4.78 is 0. The van der Waals surface area contributed by atoms with Gasteiger partial charge in [0.2, 0.25) is 0 Å². The SMILES string of the molecule is Cc1ccc(N)c(NC2C3(C)CCC(C3)C2(C)C)n1. The third-order valence-electron chi connectivity index (χ3n) is 5.62. The Morgan fingerprint density at radius 3 is 2.68 bits per heavy atom. The average molecular weight is 259 g/mol. The first kappa shape index (κ1) is 12.8. The van der Waals surface area contributed by atoms with E-state index in [2.05, 4.69) is 31.1 Å². The van der Waals surface area contributed by atoms with Gasteiger partial charge in [0.05, 0.1) is 5.69 Å². The number of nitrogens with two attached hydrogens (primary N) is 1. The summed E-state index contributed by atoms with van der Waals surface area (Å²) in [6.45, 7) is 9.22. The molecule has 104 valence electrons. The van der Waals surface area contributed by atoms with E-state index >= 15 is 0 Å². The van der Waals surface area contributed by atoms with Gasteiger partial charge in [-0.25, -0.2) is 4.98 Å². The monoisotopic (exact) mass is 259 g/mol. The molecular weight excluding hydrogens is 234 g/mol. The molecule has 0 amide bonds. The fourth-order valence-electron chi connectivity index (χ4n) is 4.48. The van der Waals surface area contributed by atoms with E-state index in [-0.39, 0.29) is 0 Å². The first-order valence-corrected chi connectivity index (χ1v) is 7.32. The van der Waals surface area contributed by atoms with Crippen molar-refractivity contribution in [2.24, 2.45) is 16.7 Å². The van der Waals surface area contributed by atoms with Crippen LogP contribution in [0.5, 0.6) is 0 Å². The van der Waals surface area contributed by atoms with Crippen LogP contribution in [0.15, 0.2) is 12.1 Å². The lowest BCUT2D eigenvalue weighted by atomic mass is 9.68. The van der Waals surface area contributed by atoms with E-state index in [1.807, 2.05) is 19.1 Å². The van der Waals surface area contributed by atoms with E-state index in [9.17, 15) is 0 Å². The summed E-state index contributed by atoms with van der Waals surface area (Å²) in [5.74, 6) is 1.70. The van der Waals surface area contributed by atoms with Gasteiger partial charge < -0.3 is 11.1 Å². The molecule has 0 aromatic carbocycles. The molecule has 3 heteroatoms. The Morgan fingerprint density at radius 2 is 2.05 bits per heavy atom. The van der Waals surface area contributed by atoms with Gasteiger partial charge in [-0.1, -0.05) is 20.8 Å². The molecule has 0 aliphatic heterocycles. The summed E-state index contributed by atoms with van der Waals surface area (Å²) in [6, 6.07) is 4.39. The minimum Gasteiger partial charge on any atom is -0.396 e. The number of fused-ring (bicyclic) bond motifs is 2. The maximum atomic E-state index is 6.07. The second-order valence-corrected chi connectivity index (χ2v) is 7.38. The van der Waals surface area contributed by atoms with Crippen LogP contribution in [0.25, 0.3) is 0 Å². The summed E-state index contributed by atoms with van der Waals surface area (Å²) in [7, 11) is 0. The second kappa shape index (κ2) is 3.87. The van der Waals surface area contributed by atoms with Crippen molar-refractivity contribution >= 4 is 11.5 Å². The highest BCUT2D eigenvalue weighted by atomic mass is 15.1. The molecule has 3 N–H and O–H groups in total. The molecule has 0 spiro atoms. The lowest BCUT2D eigenvalue weighted by Crippen LogP contribution is -2.46. The van der Waals surface area contributed by atoms with E-state index < -0.39 is 0 Å². The number of nitrogen functional groups attached to an aromatic ring is 1. The van der Waals surface area contributed by atoms with Crippen molar-refractivity contribution in [3.8, 4) is 0 Å². The molecular formula is C16H25N3. The molecule has 2 saturated carbocycles. The van der Waals surface area contributed by atoms with Crippen LogP contribution in [0, 0.1) is 23.7 Å². The largest absolute Gasteiger partial charge is 0.396 e. The number of nitrogens with zero attached hydrogens (tertiary/aromatic N) is 1. The van der Waals surface area contributed by atoms with Crippen LogP contribution < -0.4 is 11.1 Å². The standard InChI is InChI=1S/C16H25N3/c1-10-5-6-12(17)13(18-10)19-14-15(2,3)11-7-8-16(14,4)9-11/h5-6,11,14H,7-9,17H2,1-4H3,(H,18,19). The maximum absolute atomic E-state index is 6.07. The Balaban J connectivity index is 1.92. The van der Waals surface area contributed by atoms with Crippen LogP contribution in [0.4, 0.5) is 11.5 Å². The van der Waals surface area contributed by atoms with Crippen molar-refractivity contribution in [3.05, 3.63) is 17.8 Å². The average Bonchev–Trinajstić information content (AvgIpc) is 2.80. The van der Waals surface area contributed by atoms with E-state index in [4.69, 9.17) is 5.73 Å². The van der Waals surface area contributed by atoms with Gasteiger partial charge in [0, 0.05) is 11.7 Å². The van der Waals surface area contributed by atoms with E-state index in [1.165, 1.54) is 19.3 Å². The zero-order chi connectivity index (χ0) is 13.8. The topological polar surface area (TPSA) is 50.9 Å². The van der Waals surface area contributed by atoms with Gasteiger partial charge in [-0.2, -0.15) is 0 Å². The maximum Gasteiger partial charge on any atom is 0.149 e. The van der Waals surface area contributed by atoms with Crippen molar-refractivity contribution in [2.45, 2.75) is 53.0 Å². The summed E-state index contributed by atoms with van der Waals surface area (Å²) in [5, 5.41) is 3.68. The Hall–Kier alpha value is -1.25. The zero-order valence-electron chi connectivity index (χ0n) is 12.5. The highest BCUT2D eigenvalue weighted by Gasteiger charge is 2.59. The van der Waals surface area contributed by atoms with Crippen molar-refractivity contribution in [3.63, 3.8) is 0 Å². The van der Waals surface area contributed by atoms with Crippen LogP contribution in [-0.2, 0) is 0 Å². The van der Waals surface area contributed by atoms with Gasteiger partial charge >= 0.3 is 0 Å². The molecule has 2 aliphatic rings. The van der Waals surface area contributed by atoms with Gasteiger partial charge in [-0.05, 0) is 55.1 Å². The predicted molar refractivity (Wildman–Crippen MR) is 80.0 cm³/mol. The number of nitrogens with one attached hydrogen (secondary N) is 1. The molecule has 3 rings (SSSR count). The normalized spacial score (nSPS) is 35.6. The number of aryl methyl sites for hydroxylation is 1. The number of aromatic nitrogens is 1. The molecule has 1 aromatic heterocycles. The van der Waals surface area contributed by atoms with Crippen LogP contribution in [0.2, 0.25) is 0 Å². The molecule has 19 heavy (non-hydrogen) atoms. The molecule has 3 unspecified atom stereocenters. The Bertz CT molecular complexity index is 504. The van der Waals surface area contributed by atoms with Crippen molar-refractivity contribution < 1.29 is 0 Å². The first-order valence-electron chi connectivity index (χ1n) is 7.32. The lowest BCUT2D eigenvalue weighted by Gasteiger charge is -2.43. The Labute approximate surface area is 116 Å². The summed E-state index contributed by atoms with van der Waals surface area (Å²) >= 11 is 0. The predicted octanol–water partition coefficient (Wildman–Crippen LogP) is 3.60. The highest BCUT2D eigenvalue weighted by Crippen LogP contribution is 2.63. The Kier molecular flexibility index (Phi) is 2.60. The van der Waals surface area contributed by atoms with Crippen LogP contribution in [0.1, 0.15) is 45.7 Å². The number of hydrogen-bond acceptors (Lipinski definition) is 3. The van der Waals surface area contributed by atoms with Gasteiger partial charge in [0.15, 0.2) is 0 Å². The Morgan fingerprint density at radius 1 is 1.32 bits per heavy atom. The zero-order valence-corrected chi connectivity index (χ0v) is 12.5. The van der Waals surface area contributed by atoms with Crippen LogP contribution in [-0.4, -0.2) is 11.0 Å². The van der Waals surface area contributed by atoms with Crippen molar-refractivity contribution in [2.75, 3.05) is 11.1 Å². The number of pyridine rings is 1. The fraction of sp³-hybridized carbons (Fsp3) is 0.688. The molecule has 1 heterocycles. The van der Waals surface area contributed by atoms with Gasteiger partial charge in [0.1, 0.15) is 5.82 Å². The molecule has 1 aromatic rings. The first-order chi connectivity index (χ1) is 8.83. The highest BCUT2D eigenvalue weighted by molar-refractivity contribution is 5.62. The quantitative estimate of drug-likeness (QED) is 0.853. The lowest BCUT2D eigenvalue weighted by molar-refractivity contribution is 0.155. The molecule has 3 atom stereocenters. The molecule has 0 saturated heterocycles. The summed E-state index contributed by atoms with van der Waals surface area (Å²) in [6.07, 6.45) is 4.03. The number of hydrogen-bond donors (Lipinski definition) is 2.